The van der Waals surface area contributed by atoms with Crippen molar-refractivity contribution in [1.82, 2.24) is 4.90 Å². The van der Waals surface area contributed by atoms with Gasteiger partial charge in [0.2, 0.25) is 0 Å². The number of nitriles is 1. The molecule has 0 spiro atoms. The summed E-state index contributed by atoms with van der Waals surface area (Å²) in [5.74, 6) is -0.364. The molecule has 1 fully saturated rings. The first-order chi connectivity index (χ1) is 16.6. The molecular formula is C29H23FN2O2. The van der Waals surface area contributed by atoms with Gasteiger partial charge in [0.05, 0.1) is 17.7 Å². The molecule has 2 bridgehead atoms. The second kappa shape index (κ2) is 8.14. The molecule has 0 radical (unpaired) electrons. The van der Waals surface area contributed by atoms with Crippen molar-refractivity contribution in [2.45, 2.75) is 37.3 Å². The van der Waals surface area contributed by atoms with Gasteiger partial charge in [0.1, 0.15) is 12.4 Å². The van der Waals surface area contributed by atoms with Crippen LogP contribution in [0.1, 0.15) is 47.4 Å². The van der Waals surface area contributed by atoms with Gasteiger partial charge in [-0.25, -0.2) is 9.18 Å². The molecule has 2 heterocycles. The van der Waals surface area contributed by atoms with Gasteiger partial charge >= 0.3 is 6.09 Å². The molecule has 3 aromatic rings. The number of fused-ring (bicyclic) bond motifs is 5. The maximum absolute atomic E-state index is 14.6. The van der Waals surface area contributed by atoms with E-state index in [4.69, 9.17) is 10.00 Å². The van der Waals surface area contributed by atoms with Gasteiger partial charge in [-0.1, -0.05) is 60.7 Å². The Bertz CT molecular complexity index is 1330. The summed E-state index contributed by atoms with van der Waals surface area (Å²) in [5.41, 5.74) is 6.51. The van der Waals surface area contributed by atoms with Gasteiger partial charge in [-0.15, -0.1) is 0 Å². The van der Waals surface area contributed by atoms with E-state index >= 15 is 0 Å². The monoisotopic (exact) mass is 450 g/mol. The number of carbonyl (C=O) groups is 1. The lowest BCUT2D eigenvalue weighted by Gasteiger charge is -2.33. The molecule has 3 aromatic carbocycles. The van der Waals surface area contributed by atoms with Gasteiger partial charge < -0.3 is 4.74 Å². The Kier molecular flexibility index (Phi) is 4.95. The van der Waals surface area contributed by atoms with E-state index < -0.39 is 0 Å². The minimum atomic E-state index is -0.390. The number of hydrogen-bond acceptors (Lipinski definition) is 3. The molecule has 2 aliphatic heterocycles. The fourth-order valence-electron chi connectivity index (χ4n) is 5.83. The van der Waals surface area contributed by atoms with Crippen LogP contribution in [0, 0.1) is 17.1 Å². The van der Waals surface area contributed by atoms with Crippen LogP contribution in [0.5, 0.6) is 0 Å². The summed E-state index contributed by atoms with van der Waals surface area (Å²) in [6.45, 7) is 0.295. The molecule has 2 atom stereocenters. The van der Waals surface area contributed by atoms with Gasteiger partial charge in [-0.2, -0.15) is 5.26 Å². The predicted molar refractivity (Wildman–Crippen MR) is 127 cm³/mol. The van der Waals surface area contributed by atoms with Crippen molar-refractivity contribution >= 4 is 11.7 Å². The average molecular weight is 451 g/mol. The molecule has 6 rings (SSSR count). The minimum Gasteiger partial charge on any atom is -0.448 e. The first kappa shape index (κ1) is 20.7. The summed E-state index contributed by atoms with van der Waals surface area (Å²) in [5, 5.41) is 9.00. The number of rotatable bonds is 3. The highest BCUT2D eigenvalue weighted by atomic mass is 19.1. The normalized spacial score (nSPS) is 20.4. The highest BCUT2D eigenvalue weighted by Crippen LogP contribution is 2.45. The highest BCUT2D eigenvalue weighted by Gasteiger charge is 2.41. The van der Waals surface area contributed by atoms with Crippen LogP contribution in [-0.4, -0.2) is 29.7 Å². The van der Waals surface area contributed by atoms with E-state index in [1.807, 2.05) is 41.3 Å². The van der Waals surface area contributed by atoms with Crippen LogP contribution >= 0.6 is 0 Å². The highest BCUT2D eigenvalue weighted by molar-refractivity contribution is 5.79. The number of ether oxygens (including phenoxy) is 1. The number of nitrogens with zero attached hydrogens (tertiary/aromatic N) is 2. The van der Waals surface area contributed by atoms with E-state index in [1.54, 1.807) is 12.1 Å². The van der Waals surface area contributed by atoms with E-state index in [1.165, 1.54) is 28.3 Å². The third-order valence-corrected chi connectivity index (χ3v) is 7.39. The van der Waals surface area contributed by atoms with Gasteiger partial charge in [0, 0.05) is 17.5 Å². The largest absolute Gasteiger partial charge is 0.448 e. The van der Waals surface area contributed by atoms with Crippen LogP contribution in [0.4, 0.5) is 9.18 Å². The Morgan fingerprint density at radius 3 is 2.35 bits per heavy atom. The van der Waals surface area contributed by atoms with Crippen molar-refractivity contribution < 1.29 is 13.9 Å². The zero-order valence-corrected chi connectivity index (χ0v) is 18.6. The Balaban J connectivity index is 1.20. The average Bonchev–Trinajstić information content (AvgIpc) is 3.33. The lowest BCUT2D eigenvalue weighted by Crippen LogP contribution is -2.43. The molecule has 0 N–H and O–H groups in total. The number of halogens is 1. The van der Waals surface area contributed by atoms with Gasteiger partial charge in [-0.05, 0) is 59.2 Å². The quantitative estimate of drug-likeness (QED) is 0.473. The van der Waals surface area contributed by atoms with Gasteiger partial charge in [0.25, 0.3) is 0 Å². The van der Waals surface area contributed by atoms with Crippen LogP contribution in [-0.2, 0) is 4.74 Å². The maximum Gasteiger partial charge on any atom is 0.410 e. The van der Waals surface area contributed by atoms with E-state index in [0.717, 1.165) is 18.4 Å². The van der Waals surface area contributed by atoms with Crippen LogP contribution in [0.15, 0.2) is 72.8 Å². The molecule has 2 unspecified atom stereocenters. The number of hydrogen-bond donors (Lipinski definition) is 0. The van der Waals surface area contributed by atoms with Crippen molar-refractivity contribution in [2.24, 2.45) is 0 Å². The number of benzene rings is 3. The summed E-state index contributed by atoms with van der Waals surface area (Å²) in [7, 11) is 0. The SMILES string of the molecule is N#Cc1ccc(C2=CC3CCC(C2)N3C(=O)OCC2c3ccccc3-c3ccccc32)c(F)c1. The van der Waals surface area contributed by atoms with Crippen molar-refractivity contribution in [2.75, 3.05) is 6.61 Å². The smallest absolute Gasteiger partial charge is 0.410 e. The second-order valence-electron chi connectivity index (χ2n) is 9.21. The molecule has 0 aromatic heterocycles. The standard InChI is InChI=1S/C29H23FN2O2/c30-28-13-18(16-31)9-12-22(28)19-14-20-10-11-21(15-19)32(20)29(33)34-17-27-25-7-3-1-5-23(25)24-6-2-4-8-26(24)27/h1-9,12-14,20-21,27H,10-11,15,17H2. The molecule has 0 saturated carbocycles. The van der Waals surface area contributed by atoms with Crippen LogP contribution in [0.25, 0.3) is 16.7 Å². The molecule has 4 nitrogen and oxygen atoms in total. The fourth-order valence-corrected chi connectivity index (χ4v) is 5.83. The van der Waals surface area contributed by atoms with Crippen molar-refractivity contribution in [3.63, 3.8) is 0 Å². The zero-order chi connectivity index (χ0) is 23.2. The third kappa shape index (κ3) is 3.30. The Morgan fingerprint density at radius 1 is 1.00 bits per heavy atom. The van der Waals surface area contributed by atoms with Crippen LogP contribution in [0.2, 0.25) is 0 Å². The van der Waals surface area contributed by atoms with Crippen LogP contribution in [0.3, 0.4) is 0 Å². The lowest BCUT2D eigenvalue weighted by atomic mass is 9.94. The van der Waals surface area contributed by atoms with Crippen molar-refractivity contribution in [3.8, 4) is 17.2 Å². The summed E-state index contributed by atoms with van der Waals surface area (Å²) in [6.07, 6.45) is 3.99. The Labute approximate surface area is 197 Å². The molecule has 3 aliphatic rings. The van der Waals surface area contributed by atoms with Crippen molar-refractivity contribution in [1.29, 1.82) is 5.26 Å². The molecular weight excluding hydrogens is 427 g/mol. The Hall–Kier alpha value is -3.91. The third-order valence-electron chi connectivity index (χ3n) is 7.39. The fraction of sp³-hybridized carbons (Fsp3) is 0.241. The second-order valence-corrected chi connectivity index (χ2v) is 9.21. The summed E-state index contributed by atoms with van der Waals surface area (Å²) in [6, 6.07) is 23.0. The maximum atomic E-state index is 14.6. The molecule has 34 heavy (non-hydrogen) atoms. The van der Waals surface area contributed by atoms with Gasteiger partial charge in [-0.3, -0.25) is 4.90 Å². The van der Waals surface area contributed by atoms with E-state index in [2.05, 4.69) is 24.3 Å². The first-order valence-corrected chi connectivity index (χ1v) is 11.7. The zero-order valence-electron chi connectivity index (χ0n) is 18.6. The molecule has 5 heteroatoms. The Morgan fingerprint density at radius 2 is 1.71 bits per heavy atom. The molecule has 1 aliphatic carbocycles. The molecule has 168 valence electrons. The predicted octanol–water partition coefficient (Wildman–Crippen LogP) is 6.27. The van der Waals surface area contributed by atoms with E-state index in [9.17, 15) is 9.18 Å². The molecule has 1 amide bonds. The summed E-state index contributed by atoms with van der Waals surface area (Å²) >= 11 is 0. The number of amides is 1. The summed E-state index contributed by atoms with van der Waals surface area (Å²) in [4.78, 5) is 15.0. The van der Waals surface area contributed by atoms with Crippen LogP contribution < -0.4 is 0 Å². The lowest BCUT2D eigenvalue weighted by molar-refractivity contribution is 0.0866. The summed E-state index contributed by atoms with van der Waals surface area (Å²) < 4.78 is 20.5. The van der Waals surface area contributed by atoms with E-state index in [-0.39, 0.29) is 29.9 Å². The minimum absolute atomic E-state index is 0.00399. The van der Waals surface area contributed by atoms with Crippen molar-refractivity contribution in [3.05, 3.63) is 101 Å². The van der Waals surface area contributed by atoms with E-state index in [0.29, 0.717) is 24.2 Å². The number of carbonyl (C=O) groups excluding carboxylic acids is 1. The molecule has 1 saturated heterocycles. The first-order valence-electron chi connectivity index (χ1n) is 11.7. The topological polar surface area (TPSA) is 53.3 Å². The van der Waals surface area contributed by atoms with Gasteiger partial charge in [0.15, 0.2) is 0 Å².